The molecule has 1 atom stereocenters. The fraction of sp³-hybridized carbons (Fsp3) is 0.857. The normalized spacial score (nSPS) is 28.5. The summed E-state index contributed by atoms with van der Waals surface area (Å²) in [7, 11) is 1.61. The van der Waals surface area contributed by atoms with E-state index in [2.05, 4.69) is 0 Å². The van der Waals surface area contributed by atoms with Gasteiger partial charge in [0.25, 0.3) is 0 Å². The highest BCUT2D eigenvalue weighted by atomic mass is 16.8. The first-order valence-electron chi connectivity index (χ1n) is 3.47. The lowest BCUT2D eigenvalue weighted by Gasteiger charge is -2.20. The van der Waals surface area contributed by atoms with E-state index in [0.717, 1.165) is 0 Å². The first-order valence-corrected chi connectivity index (χ1v) is 3.47. The number of ether oxygens (including phenoxy) is 2. The van der Waals surface area contributed by atoms with Gasteiger partial charge in [-0.3, -0.25) is 4.79 Å². The highest BCUT2D eigenvalue weighted by molar-refractivity contribution is 5.47. The minimum atomic E-state index is -0.574. The Labute approximate surface area is 66.1 Å². The number of likely N-dealkylation sites (N-methyl/N-ethyl adjacent to an activating group) is 1. The fourth-order valence-corrected chi connectivity index (χ4v) is 0.917. The third-order valence-corrected chi connectivity index (χ3v) is 1.57. The summed E-state index contributed by atoms with van der Waals surface area (Å²) in [5.41, 5.74) is 0. The summed E-state index contributed by atoms with van der Waals surface area (Å²) in [5.74, 6) is -0.574. The van der Waals surface area contributed by atoms with Crippen LogP contribution in [0, 0.1) is 0 Å². The zero-order valence-electron chi connectivity index (χ0n) is 6.96. The highest BCUT2D eigenvalue weighted by Crippen LogP contribution is 2.22. The van der Waals surface area contributed by atoms with Crippen molar-refractivity contribution in [2.75, 3.05) is 13.7 Å². The predicted octanol–water partition coefficient (Wildman–Crippen LogP) is 0.0944. The van der Waals surface area contributed by atoms with E-state index in [9.17, 15) is 4.79 Å². The second-order valence-electron chi connectivity index (χ2n) is 2.99. The average molecular weight is 158 g/mol. The first-order chi connectivity index (χ1) is 5.05. The van der Waals surface area contributed by atoms with Crippen LogP contribution in [0.25, 0.3) is 0 Å². The summed E-state index contributed by atoms with van der Waals surface area (Å²) in [4.78, 5) is 11.5. The lowest BCUT2D eigenvalue weighted by atomic mass is 10.4. The van der Waals surface area contributed by atoms with Crippen molar-refractivity contribution in [2.45, 2.75) is 25.9 Å². The molecule has 0 aromatic rings. The van der Waals surface area contributed by atoms with Crippen molar-refractivity contribution < 1.29 is 14.3 Å². The van der Waals surface area contributed by atoms with Crippen molar-refractivity contribution in [3.05, 3.63) is 0 Å². The molecule has 63 valence electrons. The maximum absolute atomic E-state index is 10.2. The molecule has 1 amide bonds. The Morgan fingerprint density at radius 1 is 1.64 bits per heavy atom. The molecule has 0 aromatic carbocycles. The fourth-order valence-electron chi connectivity index (χ4n) is 0.917. The number of rotatable bonds is 2. The number of hydrogen-bond acceptors (Lipinski definition) is 3. The van der Waals surface area contributed by atoms with Crippen LogP contribution >= 0.6 is 0 Å². The summed E-state index contributed by atoms with van der Waals surface area (Å²) in [6.45, 7) is 4.04. The van der Waals surface area contributed by atoms with Crippen LogP contribution in [0.4, 0.5) is 0 Å². The number of carbonyl (C=O) groups excluding carboxylic acids is 1. The van der Waals surface area contributed by atoms with E-state index in [4.69, 9.17) is 9.47 Å². The monoisotopic (exact) mass is 158 g/mol. The van der Waals surface area contributed by atoms with Gasteiger partial charge in [-0.05, 0) is 13.8 Å². The average Bonchev–Trinajstić information content (AvgIpc) is 2.29. The molecule has 1 unspecified atom stereocenters. The summed E-state index contributed by atoms with van der Waals surface area (Å²) < 4.78 is 10.6. The summed E-state index contributed by atoms with van der Waals surface area (Å²) >= 11 is 0. The number of amides is 1. The topological polar surface area (TPSA) is 38.8 Å². The largest absolute Gasteiger partial charge is 0.346 e. The molecular formula is C7H12NO3. The van der Waals surface area contributed by atoms with Crippen molar-refractivity contribution in [2.24, 2.45) is 0 Å². The van der Waals surface area contributed by atoms with Crippen LogP contribution in [0.5, 0.6) is 0 Å². The van der Waals surface area contributed by atoms with E-state index >= 15 is 0 Å². The Kier molecular flexibility index (Phi) is 2.15. The molecule has 4 nitrogen and oxygen atoms in total. The number of nitrogens with zero attached hydrogens (tertiary/aromatic N) is 1. The summed E-state index contributed by atoms with van der Waals surface area (Å²) in [5, 5.41) is 0. The quantitative estimate of drug-likeness (QED) is 0.535. The van der Waals surface area contributed by atoms with Gasteiger partial charge in [-0.15, -0.1) is 0 Å². The molecule has 0 aliphatic carbocycles. The van der Waals surface area contributed by atoms with Crippen LogP contribution in [0.2, 0.25) is 0 Å². The summed E-state index contributed by atoms with van der Waals surface area (Å²) in [6, 6.07) is 0. The Morgan fingerprint density at radius 3 is 2.64 bits per heavy atom. The molecule has 0 N–H and O–H groups in total. The maximum Gasteiger partial charge on any atom is 0.314 e. The second-order valence-corrected chi connectivity index (χ2v) is 2.99. The van der Waals surface area contributed by atoms with Crippen LogP contribution < -0.4 is 0 Å². The van der Waals surface area contributed by atoms with Gasteiger partial charge in [0.05, 0.1) is 6.61 Å². The van der Waals surface area contributed by atoms with Crippen molar-refractivity contribution >= 4 is 6.41 Å². The molecule has 1 heterocycles. The SMILES string of the molecule is CN([C]=O)C1COC(C)(C)O1. The Balaban J connectivity index is 2.47. The third kappa shape index (κ3) is 1.91. The van der Waals surface area contributed by atoms with Crippen molar-refractivity contribution in [3.63, 3.8) is 0 Å². The van der Waals surface area contributed by atoms with Gasteiger partial charge >= 0.3 is 6.41 Å². The standard InChI is InChI=1S/C7H12NO3/c1-7(2)10-4-6(11-7)8(3)5-9/h6H,4H2,1-3H3. The molecule has 1 aliphatic heterocycles. The van der Waals surface area contributed by atoms with Gasteiger partial charge in [-0.25, -0.2) is 0 Å². The lowest BCUT2D eigenvalue weighted by molar-refractivity contribution is -0.150. The van der Waals surface area contributed by atoms with Gasteiger partial charge < -0.3 is 14.4 Å². The van der Waals surface area contributed by atoms with E-state index < -0.39 is 5.79 Å². The molecule has 0 saturated carbocycles. The van der Waals surface area contributed by atoms with E-state index in [1.807, 2.05) is 13.8 Å². The Bertz CT molecular complexity index is 158. The summed E-state index contributed by atoms with van der Waals surface area (Å²) in [6.07, 6.45) is 1.43. The third-order valence-electron chi connectivity index (χ3n) is 1.57. The van der Waals surface area contributed by atoms with Gasteiger partial charge in [0.15, 0.2) is 12.0 Å². The molecule has 0 spiro atoms. The van der Waals surface area contributed by atoms with Crippen LogP contribution in [-0.2, 0) is 14.3 Å². The van der Waals surface area contributed by atoms with Crippen molar-refractivity contribution in [1.82, 2.24) is 4.90 Å². The van der Waals surface area contributed by atoms with E-state index in [1.54, 1.807) is 13.5 Å². The Hall–Kier alpha value is -0.610. The second kappa shape index (κ2) is 2.79. The molecule has 1 rings (SSSR count). The Morgan fingerprint density at radius 2 is 2.27 bits per heavy atom. The minimum Gasteiger partial charge on any atom is -0.346 e. The zero-order valence-corrected chi connectivity index (χ0v) is 6.96. The van der Waals surface area contributed by atoms with Crippen molar-refractivity contribution in [3.8, 4) is 0 Å². The highest BCUT2D eigenvalue weighted by Gasteiger charge is 2.34. The molecule has 1 aliphatic rings. The lowest BCUT2D eigenvalue weighted by Crippen LogP contribution is -2.33. The van der Waals surface area contributed by atoms with Crippen LogP contribution in [0.15, 0.2) is 0 Å². The van der Waals surface area contributed by atoms with Gasteiger partial charge in [0.1, 0.15) is 0 Å². The minimum absolute atomic E-state index is 0.289. The van der Waals surface area contributed by atoms with Crippen LogP contribution in [0.1, 0.15) is 13.8 Å². The molecule has 1 saturated heterocycles. The van der Waals surface area contributed by atoms with E-state index in [-0.39, 0.29) is 6.23 Å². The maximum atomic E-state index is 10.2. The van der Waals surface area contributed by atoms with Crippen LogP contribution in [-0.4, -0.2) is 37.0 Å². The van der Waals surface area contributed by atoms with Gasteiger partial charge in [-0.1, -0.05) is 0 Å². The predicted molar refractivity (Wildman–Crippen MR) is 38.4 cm³/mol. The molecule has 0 aromatic heterocycles. The van der Waals surface area contributed by atoms with Crippen LogP contribution in [0.3, 0.4) is 0 Å². The van der Waals surface area contributed by atoms with Gasteiger partial charge in [-0.2, -0.15) is 0 Å². The molecule has 1 fully saturated rings. The van der Waals surface area contributed by atoms with E-state index in [1.165, 1.54) is 4.90 Å². The first kappa shape index (κ1) is 8.49. The molecular weight excluding hydrogens is 146 g/mol. The zero-order chi connectivity index (χ0) is 8.48. The number of hydrogen-bond donors (Lipinski definition) is 0. The van der Waals surface area contributed by atoms with Crippen molar-refractivity contribution in [1.29, 1.82) is 0 Å². The molecule has 1 radical (unpaired) electrons. The molecule has 0 bridgehead atoms. The smallest absolute Gasteiger partial charge is 0.314 e. The van der Waals surface area contributed by atoms with Gasteiger partial charge in [0.2, 0.25) is 0 Å². The van der Waals surface area contributed by atoms with E-state index in [0.29, 0.717) is 6.61 Å². The molecule has 4 heteroatoms. The van der Waals surface area contributed by atoms with Gasteiger partial charge in [0, 0.05) is 7.05 Å². The molecule has 11 heavy (non-hydrogen) atoms.